The lowest BCUT2D eigenvalue weighted by molar-refractivity contribution is 0.121. The van der Waals surface area contributed by atoms with Crippen molar-refractivity contribution in [3.8, 4) is 0 Å². The summed E-state index contributed by atoms with van der Waals surface area (Å²) in [5.41, 5.74) is 5.20. The van der Waals surface area contributed by atoms with Crippen LogP contribution in [-0.2, 0) is 13.1 Å². The monoisotopic (exact) mass is 498 g/mol. The van der Waals surface area contributed by atoms with Crippen LogP contribution in [0, 0.1) is 19.8 Å². The van der Waals surface area contributed by atoms with Crippen molar-refractivity contribution in [2.45, 2.75) is 85.0 Å². The molecule has 0 unspecified atom stereocenters. The van der Waals surface area contributed by atoms with Crippen molar-refractivity contribution in [2.75, 3.05) is 0 Å². The number of tetrazole rings is 1. The Kier molecular flexibility index (Phi) is 7.51. The van der Waals surface area contributed by atoms with E-state index in [9.17, 15) is 4.79 Å². The van der Waals surface area contributed by atoms with E-state index in [0.29, 0.717) is 19.1 Å². The van der Waals surface area contributed by atoms with Crippen LogP contribution in [-0.4, -0.2) is 30.1 Å². The Morgan fingerprint density at radius 2 is 1.70 bits per heavy atom. The minimum absolute atomic E-state index is 0.0363. The number of rotatable bonds is 8. The summed E-state index contributed by atoms with van der Waals surface area (Å²) < 4.78 is 2.08. The third-order valence-electron chi connectivity index (χ3n) is 7.68. The summed E-state index contributed by atoms with van der Waals surface area (Å²) in [5, 5.41) is 14.3. The van der Waals surface area contributed by atoms with Gasteiger partial charge in [-0.3, -0.25) is 9.69 Å². The van der Waals surface area contributed by atoms with Crippen LogP contribution in [0.15, 0.2) is 53.3 Å². The van der Waals surface area contributed by atoms with Crippen molar-refractivity contribution in [3.05, 3.63) is 87.0 Å². The molecule has 2 aromatic heterocycles. The van der Waals surface area contributed by atoms with Crippen LogP contribution in [0.2, 0.25) is 0 Å². The van der Waals surface area contributed by atoms with Crippen LogP contribution in [0.3, 0.4) is 0 Å². The van der Waals surface area contributed by atoms with E-state index in [4.69, 9.17) is 0 Å². The average Bonchev–Trinajstić information content (AvgIpc) is 3.36. The van der Waals surface area contributed by atoms with Gasteiger partial charge in [-0.2, -0.15) is 0 Å². The number of H-pyrrole nitrogens is 1. The van der Waals surface area contributed by atoms with Gasteiger partial charge in [0.05, 0.1) is 12.1 Å². The van der Waals surface area contributed by atoms with Gasteiger partial charge in [0.2, 0.25) is 0 Å². The van der Waals surface area contributed by atoms with E-state index in [2.05, 4.69) is 88.1 Å². The lowest BCUT2D eigenvalue weighted by Crippen LogP contribution is -2.36. The van der Waals surface area contributed by atoms with Crippen LogP contribution in [0.1, 0.15) is 86.1 Å². The Labute approximate surface area is 218 Å². The highest BCUT2D eigenvalue weighted by Gasteiger charge is 2.32. The molecule has 0 radical (unpaired) electrons. The molecule has 1 saturated carbocycles. The molecule has 2 heterocycles. The molecule has 0 aliphatic heterocycles. The highest BCUT2D eigenvalue weighted by molar-refractivity contribution is 5.79. The molecule has 0 saturated heterocycles. The van der Waals surface area contributed by atoms with Crippen molar-refractivity contribution >= 4 is 10.9 Å². The molecule has 194 valence electrons. The van der Waals surface area contributed by atoms with Gasteiger partial charge in [0.25, 0.3) is 5.56 Å². The van der Waals surface area contributed by atoms with E-state index in [-0.39, 0.29) is 17.5 Å². The molecule has 1 atom stereocenters. The quantitative estimate of drug-likeness (QED) is 0.321. The Balaban J connectivity index is 1.56. The van der Waals surface area contributed by atoms with Crippen molar-refractivity contribution in [3.63, 3.8) is 0 Å². The average molecular weight is 499 g/mol. The molecule has 1 aliphatic rings. The summed E-state index contributed by atoms with van der Waals surface area (Å²) in [7, 11) is 0. The zero-order valence-electron chi connectivity index (χ0n) is 22.4. The highest BCUT2D eigenvalue weighted by atomic mass is 16.1. The molecule has 0 bridgehead atoms. The summed E-state index contributed by atoms with van der Waals surface area (Å²) in [6.45, 7) is 9.84. The minimum atomic E-state index is -0.0420. The molecular weight excluding hydrogens is 460 g/mol. The Morgan fingerprint density at radius 1 is 0.973 bits per heavy atom. The van der Waals surface area contributed by atoms with Crippen molar-refractivity contribution in [1.29, 1.82) is 0 Å². The van der Waals surface area contributed by atoms with E-state index >= 15 is 0 Å². The zero-order chi connectivity index (χ0) is 25.9. The van der Waals surface area contributed by atoms with Crippen molar-refractivity contribution < 1.29 is 0 Å². The molecule has 1 fully saturated rings. The Bertz CT molecular complexity index is 1400. The fourth-order valence-corrected chi connectivity index (χ4v) is 5.75. The molecule has 37 heavy (non-hydrogen) atoms. The fourth-order valence-electron chi connectivity index (χ4n) is 5.75. The standard InChI is InChI=1S/C30H38N6O/c1-20(2)28(29-32-33-34-36(29)26-8-6-5-7-9-26)35(18-23-13-10-21(3)11-14-23)19-25-17-24-16-22(4)12-15-27(24)31-30(25)37/h10-17,20,26,28H,5-9,18-19H2,1-4H3,(H,31,37)/t28-/m0/s1. The molecule has 1 N–H and O–H groups in total. The van der Waals surface area contributed by atoms with Gasteiger partial charge in [-0.15, -0.1) is 5.10 Å². The number of aromatic nitrogens is 5. The molecule has 0 spiro atoms. The smallest absolute Gasteiger partial charge is 0.252 e. The van der Waals surface area contributed by atoms with Crippen LogP contribution < -0.4 is 5.56 Å². The number of pyridine rings is 1. The number of fused-ring (bicyclic) bond motifs is 1. The first-order valence-corrected chi connectivity index (χ1v) is 13.6. The lowest BCUT2D eigenvalue weighted by atomic mass is 9.94. The van der Waals surface area contributed by atoms with E-state index in [1.165, 1.54) is 36.0 Å². The molecule has 7 nitrogen and oxygen atoms in total. The molecule has 2 aromatic carbocycles. The molecule has 7 heteroatoms. The van der Waals surface area contributed by atoms with Gasteiger partial charge >= 0.3 is 0 Å². The summed E-state index contributed by atoms with van der Waals surface area (Å²) in [4.78, 5) is 18.7. The largest absolute Gasteiger partial charge is 0.322 e. The van der Waals surface area contributed by atoms with Crippen LogP contribution in [0.4, 0.5) is 0 Å². The van der Waals surface area contributed by atoms with E-state index in [1.54, 1.807) is 0 Å². The van der Waals surface area contributed by atoms with Crippen molar-refractivity contribution in [1.82, 2.24) is 30.1 Å². The second-order valence-corrected chi connectivity index (χ2v) is 11.1. The van der Waals surface area contributed by atoms with E-state index in [1.807, 2.05) is 18.2 Å². The number of nitrogens with zero attached hydrogens (tertiary/aromatic N) is 5. The zero-order valence-corrected chi connectivity index (χ0v) is 22.4. The predicted molar refractivity (Wildman–Crippen MR) is 147 cm³/mol. The molecule has 0 amide bonds. The van der Waals surface area contributed by atoms with Crippen LogP contribution in [0.25, 0.3) is 10.9 Å². The summed E-state index contributed by atoms with van der Waals surface area (Å²) in [5.74, 6) is 1.16. The summed E-state index contributed by atoms with van der Waals surface area (Å²) in [6, 6.07) is 17.1. The van der Waals surface area contributed by atoms with Gasteiger partial charge in [-0.25, -0.2) is 4.68 Å². The number of hydrogen-bond acceptors (Lipinski definition) is 5. The van der Waals surface area contributed by atoms with Crippen LogP contribution >= 0.6 is 0 Å². The van der Waals surface area contributed by atoms with Gasteiger partial charge in [0.1, 0.15) is 0 Å². The van der Waals surface area contributed by atoms with Gasteiger partial charge < -0.3 is 4.98 Å². The number of nitrogens with one attached hydrogen (secondary N) is 1. The van der Waals surface area contributed by atoms with Gasteiger partial charge in [0.15, 0.2) is 5.82 Å². The predicted octanol–water partition coefficient (Wildman–Crippen LogP) is 6.04. The second-order valence-electron chi connectivity index (χ2n) is 11.1. The number of hydrogen-bond donors (Lipinski definition) is 1. The number of benzene rings is 2. The highest BCUT2D eigenvalue weighted by Crippen LogP contribution is 2.34. The van der Waals surface area contributed by atoms with Gasteiger partial charge in [-0.1, -0.05) is 74.6 Å². The minimum Gasteiger partial charge on any atom is -0.322 e. The first-order valence-electron chi connectivity index (χ1n) is 13.6. The van der Waals surface area contributed by atoms with Gasteiger partial charge in [-0.05, 0) is 72.2 Å². The molecule has 4 aromatic rings. The Hall–Kier alpha value is -3.32. The number of aryl methyl sites for hydroxylation is 2. The van der Waals surface area contributed by atoms with Crippen LogP contribution in [0.5, 0.6) is 0 Å². The third kappa shape index (κ3) is 5.67. The SMILES string of the molecule is Cc1ccc(CN(Cc2cc3cc(C)ccc3[nH]c2=O)[C@H](c2nnnn2C2CCCCC2)C(C)C)cc1. The van der Waals surface area contributed by atoms with Crippen molar-refractivity contribution in [2.24, 2.45) is 5.92 Å². The maximum atomic E-state index is 13.2. The molecule has 5 rings (SSSR count). The maximum Gasteiger partial charge on any atom is 0.252 e. The first kappa shape index (κ1) is 25.3. The topological polar surface area (TPSA) is 79.7 Å². The van der Waals surface area contributed by atoms with E-state index in [0.717, 1.165) is 35.1 Å². The molecular formula is C30H38N6O. The normalized spacial score (nSPS) is 15.6. The fraction of sp³-hybridized carbons (Fsp3) is 0.467. The maximum absolute atomic E-state index is 13.2. The summed E-state index contributed by atoms with van der Waals surface area (Å²) >= 11 is 0. The number of aromatic amines is 1. The Morgan fingerprint density at radius 3 is 2.43 bits per heavy atom. The summed E-state index contributed by atoms with van der Waals surface area (Å²) in [6.07, 6.45) is 5.95. The lowest BCUT2D eigenvalue weighted by Gasteiger charge is -2.35. The third-order valence-corrected chi connectivity index (χ3v) is 7.68. The van der Waals surface area contributed by atoms with Gasteiger partial charge in [0, 0.05) is 24.2 Å². The second kappa shape index (κ2) is 11.0. The van der Waals surface area contributed by atoms with E-state index < -0.39 is 0 Å². The molecule has 1 aliphatic carbocycles. The first-order chi connectivity index (χ1) is 17.9.